The van der Waals surface area contributed by atoms with Gasteiger partial charge >= 0.3 is 12.1 Å². The first kappa shape index (κ1) is 17.6. The van der Waals surface area contributed by atoms with Crippen LogP contribution >= 0.6 is 11.8 Å². The Bertz CT molecular complexity index is 438. The minimum absolute atomic E-state index is 0.150. The zero-order valence-electron chi connectivity index (χ0n) is 10.6. The molecule has 1 aliphatic heterocycles. The van der Waals surface area contributed by atoms with Gasteiger partial charge in [0.1, 0.15) is 0 Å². The van der Waals surface area contributed by atoms with E-state index in [9.17, 15) is 26.4 Å². The van der Waals surface area contributed by atoms with Gasteiger partial charge in [0, 0.05) is 30.5 Å². The van der Waals surface area contributed by atoms with E-state index >= 15 is 0 Å². The molecule has 5 nitrogen and oxygen atoms in total. The Morgan fingerprint density at radius 2 is 2.05 bits per heavy atom. The molecule has 118 valence electrons. The molecule has 1 unspecified atom stereocenters. The molecule has 0 aliphatic carbocycles. The van der Waals surface area contributed by atoms with Crippen LogP contribution in [0.1, 0.15) is 19.3 Å². The largest absolute Gasteiger partial charge is 0.481 e. The van der Waals surface area contributed by atoms with E-state index in [0.29, 0.717) is 11.5 Å². The molecule has 0 bridgehead atoms. The van der Waals surface area contributed by atoms with Crippen molar-refractivity contribution in [2.75, 3.05) is 23.8 Å². The number of rotatable bonds is 6. The normalized spacial score (nSPS) is 21.9. The number of carboxylic acids is 1. The quantitative estimate of drug-likeness (QED) is 0.797. The Labute approximate surface area is 119 Å². The maximum absolute atomic E-state index is 12.0. The summed E-state index contributed by atoms with van der Waals surface area (Å²) in [5.41, 5.74) is 0. The lowest BCUT2D eigenvalue weighted by Crippen LogP contribution is -2.47. The molecule has 1 aliphatic rings. The third-order valence-electron chi connectivity index (χ3n) is 2.80. The smallest absolute Gasteiger partial charge is 0.389 e. The fourth-order valence-electron chi connectivity index (χ4n) is 1.94. The summed E-state index contributed by atoms with van der Waals surface area (Å²) in [4.78, 5) is 10.7. The van der Waals surface area contributed by atoms with E-state index in [-0.39, 0.29) is 13.0 Å². The average molecular weight is 335 g/mol. The number of thioether (sulfide) groups is 1. The molecule has 1 fully saturated rings. The molecule has 1 saturated heterocycles. The molecule has 0 aromatic carbocycles. The highest BCUT2D eigenvalue weighted by molar-refractivity contribution is 7.99. The summed E-state index contributed by atoms with van der Waals surface area (Å²) in [6, 6.07) is -0.679. The standard InChI is InChI=1S/C10H16F3NO4S2/c11-10(12,13)2-1-5-20(17,18)14-3-4-19-7-8(14)6-9(15)16/h8H,1-7H2,(H,15,16). The number of hydrogen-bond acceptors (Lipinski definition) is 4. The Hall–Kier alpha value is -0.480. The van der Waals surface area contributed by atoms with Crippen LogP contribution in [0.15, 0.2) is 0 Å². The molecule has 1 N–H and O–H groups in total. The summed E-state index contributed by atoms with van der Waals surface area (Å²) in [6.45, 7) is 0.150. The number of aliphatic carboxylic acids is 1. The number of hydrogen-bond donors (Lipinski definition) is 1. The van der Waals surface area contributed by atoms with Crippen LogP contribution < -0.4 is 0 Å². The van der Waals surface area contributed by atoms with Gasteiger partial charge in [-0.15, -0.1) is 0 Å². The van der Waals surface area contributed by atoms with Crippen LogP contribution in [0.2, 0.25) is 0 Å². The van der Waals surface area contributed by atoms with Gasteiger partial charge in [-0.05, 0) is 6.42 Å². The minimum atomic E-state index is -4.38. The van der Waals surface area contributed by atoms with Crippen molar-refractivity contribution in [2.24, 2.45) is 0 Å². The van der Waals surface area contributed by atoms with Gasteiger partial charge in [0.2, 0.25) is 10.0 Å². The SMILES string of the molecule is O=C(O)CC1CSCCN1S(=O)(=O)CCCC(F)(F)F. The molecule has 0 aromatic heterocycles. The molecule has 0 saturated carbocycles. The average Bonchev–Trinajstić information content (AvgIpc) is 2.26. The zero-order valence-corrected chi connectivity index (χ0v) is 12.2. The Kier molecular flexibility index (Phi) is 6.14. The number of alkyl halides is 3. The number of carbonyl (C=O) groups is 1. The monoisotopic (exact) mass is 335 g/mol. The summed E-state index contributed by atoms with van der Waals surface area (Å²) >= 11 is 1.44. The number of sulfonamides is 1. The third-order valence-corrected chi connectivity index (χ3v) is 5.90. The van der Waals surface area contributed by atoms with Crippen LogP contribution in [-0.4, -0.2) is 59.8 Å². The summed E-state index contributed by atoms with van der Waals surface area (Å²) in [5.74, 6) is -0.847. The van der Waals surface area contributed by atoms with E-state index in [0.717, 1.165) is 4.31 Å². The first-order valence-corrected chi connectivity index (χ1v) is 8.74. The first-order valence-electron chi connectivity index (χ1n) is 5.97. The number of nitrogens with zero attached hydrogens (tertiary/aromatic N) is 1. The van der Waals surface area contributed by atoms with E-state index in [1.807, 2.05) is 0 Å². The lowest BCUT2D eigenvalue weighted by atomic mass is 10.2. The number of halogens is 3. The molecule has 0 radical (unpaired) electrons. The van der Waals surface area contributed by atoms with Gasteiger partial charge in [-0.1, -0.05) is 0 Å². The minimum Gasteiger partial charge on any atom is -0.481 e. The van der Waals surface area contributed by atoms with Gasteiger partial charge in [-0.25, -0.2) is 8.42 Å². The van der Waals surface area contributed by atoms with Crippen LogP contribution in [0, 0.1) is 0 Å². The Morgan fingerprint density at radius 3 is 2.60 bits per heavy atom. The second kappa shape index (κ2) is 6.99. The maximum Gasteiger partial charge on any atom is 0.389 e. The molecule has 1 atom stereocenters. The molecule has 1 rings (SSSR count). The lowest BCUT2D eigenvalue weighted by Gasteiger charge is -2.33. The molecule has 1 heterocycles. The molecule has 0 amide bonds. The fraction of sp³-hybridized carbons (Fsp3) is 0.900. The first-order chi connectivity index (χ1) is 9.12. The Balaban J connectivity index is 2.65. The summed E-state index contributed by atoms with van der Waals surface area (Å²) < 4.78 is 61.2. The van der Waals surface area contributed by atoms with Crippen molar-refractivity contribution in [3.05, 3.63) is 0 Å². The van der Waals surface area contributed by atoms with Gasteiger partial charge in [-0.3, -0.25) is 4.79 Å². The van der Waals surface area contributed by atoms with Crippen molar-refractivity contribution in [3.8, 4) is 0 Å². The van der Waals surface area contributed by atoms with E-state index in [1.54, 1.807) is 0 Å². The van der Waals surface area contributed by atoms with Crippen molar-refractivity contribution in [2.45, 2.75) is 31.5 Å². The zero-order chi connectivity index (χ0) is 15.4. The van der Waals surface area contributed by atoms with Crippen LogP contribution in [0.25, 0.3) is 0 Å². The molecule has 0 spiro atoms. The van der Waals surface area contributed by atoms with E-state index < -0.39 is 46.8 Å². The topological polar surface area (TPSA) is 74.7 Å². The predicted molar refractivity (Wildman–Crippen MR) is 69.1 cm³/mol. The van der Waals surface area contributed by atoms with Crippen LogP contribution in [0.4, 0.5) is 13.2 Å². The lowest BCUT2D eigenvalue weighted by molar-refractivity contribution is -0.138. The van der Waals surface area contributed by atoms with E-state index in [2.05, 4.69) is 0 Å². The van der Waals surface area contributed by atoms with Crippen LogP contribution in [-0.2, 0) is 14.8 Å². The summed E-state index contributed by atoms with van der Waals surface area (Å²) in [6.07, 6.45) is -6.37. The van der Waals surface area contributed by atoms with Crippen molar-refractivity contribution in [1.29, 1.82) is 0 Å². The highest BCUT2D eigenvalue weighted by Crippen LogP contribution is 2.25. The molecule has 0 aromatic rings. The predicted octanol–water partition coefficient (Wildman–Crippen LogP) is 1.55. The number of carboxylic acid groups (broad SMARTS) is 1. The summed E-state index contributed by atoms with van der Waals surface area (Å²) in [5, 5.41) is 8.75. The highest BCUT2D eigenvalue weighted by atomic mass is 32.2. The second-order valence-electron chi connectivity index (χ2n) is 4.47. The molecule has 20 heavy (non-hydrogen) atoms. The second-order valence-corrected chi connectivity index (χ2v) is 7.66. The maximum atomic E-state index is 12.0. The molecular weight excluding hydrogens is 319 g/mol. The van der Waals surface area contributed by atoms with Crippen molar-refractivity contribution >= 4 is 27.8 Å². The molecule has 10 heteroatoms. The van der Waals surface area contributed by atoms with Crippen molar-refractivity contribution < 1.29 is 31.5 Å². The van der Waals surface area contributed by atoms with Gasteiger partial charge in [0.05, 0.1) is 12.2 Å². The van der Waals surface area contributed by atoms with Crippen LogP contribution in [0.3, 0.4) is 0 Å². The van der Waals surface area contributed by atoms with Crippen LogP contribution in [0.5, 0.6) is 0 Å². The van der Waals surface area contributed by atoms with Gasteiger partial charge in [0.25, 0.3) is 0 Å². The van der Waals surface area contributed by atoms with Gasteiger partial charge in [0.15, 0.2) is 0 Å². The summed E-state index contributed by atoms with van der Waals surface area (Å²) in [7, 11) is -3.84. The highest BCUT2D eigenvalue weighted by Gasteiger charge is 2.35. The van der Waals surface area contributed by atoms with E-state index in [4.69, 9.17) is 5.11 Å². The van der Waals surface area contributed by atoms with Crippen molar-refractivity contribution in [1.82, 2.24) is 4.31 Å². The molecular formula is C10H16F3NO4S2. The van der Waals surface area contributed by atoms with E-state index in [1.165, 1.54) is 11.8 Å². The Morgan fingerprint density at radius 1 is 1.40 bits per heavy atom. The van der Waals surface area contributed by atoms with Gasteiger partial charge in [-0.2, -0.15) is 29.2 Å². The third kappa shape index (κ3) is 5.88. The van der Waals surface area contributed by atoms with Crippen molar-refractivity contribution in [3.63, 3.8) is 0 Å². The van der Waals surface area contributed by atoms with Gasteiger partial charge < -0.3 is 5.11 Å². The fourth-order valence-corrected chi connectivity index (χ4v) is 4.93.